The lowest BCUT2D eigenvalue weighted by atomic mass is 9.66. The lowest BCUT2D eigenvalue weighted by Gasteiger charge is -2.41. The van der Waals surface area contributed by atoms with Gasteiger partial charge in [0.2, 0.25) is 0 Å². The maximum absolute atomic E-state index is 12.1. The van der Waals surface area contributed by atoms with Crippen molar-refractivity contribution in [3.05, 3.63) is 143 Å². The third kappa shape index (κ3) is 2.36. The van der Waals surface area contributed by atoms with Crippen molar-refractivity contribution in [2.45, 2.75) is 11.5 Å². The van der Waals surface area contributed by atoms with Gasteiger partial charge in [0.05, 0.1) is 0 Å². The largest absolute Gasteiger partial charge is 0.376 e. The van der Waals surface area contributed by atoms with Crippen LogP contribution in [-0.2, 0) is 5.60 Å². The van der Waals surface area contributed by atoms with Crippen LogP contribution in [0.25, 0.3) is 0 Å². The summed E-state index contributed by atoms with van der Waals surface area (Å²) in [4.78, 5) is 0. The summed E-state index contributed by atoms with van der Waals surface area (Å²) in [6, 6.07) is 37.1. The van der Waals surface area contributed by atoms with Crippen molar-refractivity contribution in [3.8, 4) is 0 Å². The van der Waals surface area contributed by atoms with Gasteiger partial charge in [-0.15, -0.1) is 0 Å². The molecule has 4 aromatic rings. The standard InChI is InChI=1S/C26H20O/c27-26(20-13-5-2-6-14-20)23-17-9-7-15-21(23)25(19-11-3-1-4-12-19)22-16-8-10-18-24(22)26/h1-18,25,27H. The molecule has 1 aliphatic carbocycles. The SMILES string of the molecule is OC1(c2ccccc2)c2ccccc2C(c2ccccc2)c2ccccc21. The Balaban J connectivity index is 1.86. The predicted octanol–water partition coefficient (Wildman–Crippen LogP) is 5.46. The van der Waals surface area contributed by atoms with Crippen molar-refractivity contribution in [2.24, 2.45) is 0 Å². The van der Waals surface area contributed by atoms with Crippen LogP contribution in [0.15, 0.2) is 109 Å². The second-order valence-electron chi connectivity index (χ2n) is 7.09. The molecule has 0 fully saturated rings. The van der Waals surface area contributed by atoms with Gasteiger partial charge in [0.15, 0.2) is 0 Å². The molecule has 0 spiro atoms. The Kier molecular flexibility index (Phi) is 3.70. The molecular weight excluding hydrogens is 328 g/mol. The van der Waals surface area contributed by atoms with Gasteiger partial charge in [-0.1, -0.05) is 109 Å². The molecule has 5 rings (SSSR count). The van der Waals surface area contributed by atoms with Gasteiger partial charge in [-0.25, -0.2) is 0 Å². The first-order valence-corrected chi connectivity index (χ1v) is 9.32. The second kappa shape index (κ2) is 6.22. The first-order chi connectivity index (χ1) is 13.3. The summed E-state index contributed by atoms with van der Waals surface area (Å²) in [6.45, 7) is 0. The van der Waals surface area contributed by atoms with E-state index < -0.39 is 5.60 Å². The summed E-state index contributed by atoms with van der Waals surface area (Å²) < 4.78 is 0. The average molecular weight is 348 g/mol. The molecular formula is C26H20O. The Hall–Kier alpha value is -3.16. The quantitative estimate of drug-likeness (QED) is 0.510. The average Bonchev–Trinajstić information content (AvgIpc) is 2.75. The Labute approximate surface area is 159 Å². The third-order valence-corrected chi connectivity index (χ3v) is 5.65. The maximum atomic E-state index is 12.1. The molecule has 4 aromatic carbocycles. The van der Waals surface area contributed by atoms with E-state index in [0.29, 0.717) is 0 Å². The third-order valence-electron chi connectivity index (χ3n) is 5.65. The molecule has 0 amide bonds. The number of hydrogen-bond donors (Lipinski definition) is 1. The van der Waals surface area contributed by atoms with Crippen molar-refractivity contribution in [1.82, 2.24) is 0 Å². The van der Waals surface area contributed by atoms with E-state index in [1.54, 1.807) is 0 Å². The zero-order valence-corrected chi connectivity index (χ0v) is 14.9. The predicted molar refractivity (Wildman–Crippen MR) is 109 cm³/mol. The Morgan fingerprint density at radius 3 is 1.52 bits per heavy atom. The number of aliphatic hydroxyl groups is 1. The molecule has 1 aliphatic rings. The minimum absolute atomic E-state index is 0.114. The number of benzene rings is 4. The van der Waals surface area contributed by atoms with E-state index in [1.165, 1.54) is 5.56 Å². The summed E-state index contributed by atoms with van der Waals surface area (Å²) in [7, 11) is 0. The van der Waals surface area contributed by atoms with E-state index >= 15 is 0 Å². The zero-order chi connectivity index (χ0) is 18.3. The molecule has 27 heavy (non-hydrogen) atoms. The smallest absolute Gasteiger partial charge is 0.141 e. The van der Waals surface area contributed by atoms with Gasteiger partial charge in [-0.05, 0) is 33.4 Å². The van der Waals surface area contributed by atoms with Gasteiger partial charge in [0.1, 0.15) is 5.60 Å². The summed E-state index contributed by atoms with van der Waals surface area (Å²) in [6.07, 6.45) is 0. The number of hydrogen-bond acceptors (Lipinski definition) is 1. The molecule has 0 saturated carbocycles. The molecule has 0 unspecified atom stereocenters. The van der Waals surface area contributed by atoms with Crippen LogP contribution in [-0.4, -0.2) is 5.11 Å². The van der Waals surface area contributed by atoms with Gasteiger partial charge in [0, 0.05) is 5.92 Å². The molecule has 0 aromatic heterocycles. The minimum atomic E-state index is -1.15. The number of fused-ring (bicyclic) bond motifs is 2. The normalized spacial score (nSPS) is 20.6. The highest BCUT2D eigenvalue weighted by Crippen LogP contribution is 2.50. The van der Waals surface area contributed by atoms with Crippen LogP contribution < -0.4 is 0 Å². The van der Waals surface area contributed by atoms with Crippen molar-refractivity contribution in [3.63, 3.8) is 0 Å². The molecule has 130 valence electrons. The number of rotatable bonds is 2. The van der Waals surface area contributed by atoms with Crippen LogP contribution in [0, 0.1) is 0 Å². The van der Waals surface area contributed by atoms with Crippen LogP contribution in [0.3, 0.4) is 0 Å². The summed E-state index contributed by atoms with van der Waals surface area (Å²) >= 11 is 0. The summed E-state index contributed by atoms with van der Waals surface area (Å²) in [5, 5.41) is 12.1. The molecule has 1 nitrogen and oxygen atoms in total. The van der Waals surface area contributed by atoms with E-state index in [1.807, 2.05) is 48.5 Å². The van der Waals surface area contributed by atoms with E-state index in [-0.39, 0.29) is 5.92 Å². The molecule has 0 heterocycles. The van der Waals surface area contributed by atoms with Crippen LogP contribution in [0.4, 0.5) is 0 Å². The zero-order valence-electron chi connectivity index (χ0n) is 14.9. The maximum Gasteiger partial charge on any atom is 0.141 e. The van der Waals surface area contributed by atoms with Gasteiger partial charge >= 0.3 is 0 Å². The Bertz CT molecular complexity index is 1040. The molecule has 0 aliphatic heterocycles. The lowest BCUT2D eigenvalue weighted by molar-refractivity contribution is 0.120. The molecule has 1 heteroatoms. The molecule has 0 saturated heterocycles. The second-order valence-corrected chi connectivity index (χ2v) is 7.09. The molecule has 1 N–H and O–H groups in total. The van der Waals surface area contributed by atoms with E-state index in [9.17, 15) is 5.11 Å². The van der Waals surface area contributed by atoms with Crippen LogP contribution in [0.1, 0.15) is 39.3 Å². The monoisotopic (exact) mass is 348 g/mol. The summed E-state index contributed by atoms with van der Waals surface area (Å²) in [5.41, 5.74) is 5.23. The van der Waals surface area contributed by atoms with E-state index in [4.69, 9.17) is 0 Å². The Morgan fingerprint density at radius 1 is 0.519 bits per heavy atom. The van der Waals surface area contributed by atoms with Crippen molar-refractivity contribution in [1.29, 1.82) is 0 Å². The highest BCUT2D eigenvalue weighted by molar-refractivity contribution is 5.62. The van der Waals surface area contributed by atoms with Gasteiger partial charge in [-0.3, -0.25) is 0 Å². The van der Waals surface area contributed by atoms with Crippen LogP contribution in [0.5, 0.6) is 0 Å². The van der Waals surface area contributed by atoms with Crippen LogP contribution in [0.2, 0.25) is 0 Å². The topological polar surface area (TPSA) is 20.2 Å². The van der Waals surface area contributed by atoms with Crippen molar-refractivity contribution < 1.29 is 5.11 Å². The Morgan fingerprint density at radius 2 is 0.963 bits per heavy atom. The van der Waals surface area contributed by atoms with Gasteiger partial charge < -0.3 is 5.11 Å². The first kappa shape index (κ1) is 16.0. The van der Waals surface area contributed by atoms with Gasteiger partial charge in [0.25, 0.3) is 0 Å². The lowest BCUT2D eigenvalue weighted by Crippen LogP contribution is -2.36. The highest BCUT2D eigenvalue weighted by Gasteiger charge is 2.43. The summed E-state index contributed by atoms with van der Waals surface area (Å²) in [5.74, 6) is 0.114. The molecule has 0 bridgehead atoms. The van der Waals surface area contributed by atoms with Gasteiger partial charge in [-0.2, -0.15) is 0 Å². The first-order valence-electron chi connectivity index (χ1n) is 9.32. The molecule has 0 atom stereocenters. The van der Waals surface area contributed by atoms with Crippen molar-refractivity contribution in [2.75, 3.05) is 0 Å². The van der Waals surface area contributed by atoms with E-state index in [0.717, 1.165) is 27.8 Å². The highest BCUT2D eigenvalue weighted by atomic mass is 16.3. The van der Waals surface area contributed by atoms with Crippen molar-refractivity contribution >= 4 is 0 Å². The van der Waals surface area contributed by atoms with E-state index in [2.05, 4.69) is 60.7 Å². The molecule has 0 radical (unpaired) electrons. The fraction of sp³-hybridized carbons (Fsp3) is 0.0769. The fourth-order valence-electron chi connectivity index (χ4n) is 4.46. The van der Waals surface area contributed by atoms with Crippen LogP contribution >= 0.6 is 0 Å². The minimum Gasteiger partial charge on any atom is -0.376 e. The fourth-order valence-corrected chi connectivity index (χ4v) is 4.46.